The summed E-state index contributed by atoms with van der Waals surface area (Å²) in [5.74, 6) is -7.50. The predicted octanol–water partition coefficient (Wildman–Crippen LogP) is 1.71. The number of carbonyl (C=O) groups excluding carboxylic acids is 1. The van der Waals surface area contributed by atoms with Gasteiger partial charge in [-0.25, -0.2) is 0 Å². The van der Waals surface area contributed by atoms with Crippen molar-refractivity contribution >= 4 is 5.91 Å². The maximum absolute atomic E-state index is 12.3. The summed E-state index contributed by atoms with van der Waals surface area (Å²) in [5, 5.41) is 1.58. The molecule has 1 aliphatic carbocycles. The molecule has 0 heterocycles. The number of rotatable bonds is 3. The largest absolute Gasteiger partial charge is 0.463 e. The summed E-state index contributed by atoms with van der Waals surface area (Å²) in [5.41, 5.74) is 0. The minimum atomic E-state index is -5.82. The van der Waals surface area contributed by atoms with Crippen LogP contribution in [0.1, 0.15) is 12.8 Å². The van der Waals surface area contributed by atoms with E-state index in [1.165, 1.54) is 0 Å². The van der Waals surface area contributed by atoms with E-state index in [2.05, 4.69) is 0 Å². The van der Waals surface area contributed by atoms with Gasteiger partial charge < -0.3 is 5.32 Å². The van der Waals surface area contributed by atoms with Gasteiger partial charge in [-0.2, -0.15) is 22.0 Å². The second kappa shape index (κ2) is 3.36. The number of amides is 1. The van der Waals surface area contributed by atoms with E-state index in [0.29, 0.717) is 0 Å². The van der Waals surface area contributed by atoms with Crippen LogP contribution in [0.4, 0.5) is 22.0 Å². The Morgan fingerprint density at radius 1 is 1.21 bits per heavy atom. The highest BCUT2D eigenvalue weighted by atomic mass is 19.4. The fourth-order valence-electron chi connectivity index (χ4n) is 0.799. The van der Waals surface area contributed by atoms with Crippen molar-refractivity contribution in [3.63, 3.8) is 0 Å². The van der Waals surface area contributed by atoms with E-state index >= 15 is 0 Å². The van der Waals surface area contributed by atoms with Crippen LogP contribution in [0.15, 0.2) is 0 Å². The summed E-state index contributed by atoms with van der Waals surface area (Å²) in [6, 6.07) is 0. The van der Waals surface area contributed by atoms with Crippen LogP contribution >= 0.6 is 0 Å². The van der Waals surface area contributed by atoms with Crippen molar-refractivity contribution in [2.24, 2.45) is 5.92 Å². The highest BCUT2D eigenvalue weighted by Gasteiger charge is 2.63. The van der Waals surface area contributed by atoms with E-state index in [-0.39, 0.29) is 12.5 Å². The molecule has 1 saturated carbocycles. The second-order valence-electron chi connectivity index (χ2n) is 3.23. The first kappa shape index (κ1) is 11.2. The van der Waals surface area contributed by atoms with Crippen LogP contribution in [0, 0.1) is 5.92 Å². The van der Waals surface area contributed by atoms with Crippen LogP contribution in [-0.2, 0) is 4.79 Å². The molecule has 0 atom stereocenters. The monoisotopic (exact) mass is 217 g/mol. The van der Waals surface area contributed by atoms with Gasteiger partial charge in [0, 0.05) is 6.54 Å². The summed E-state index contributed by atoms with van der Waals surface area (Å²) < 4.78 is 59.4. The molecule has 0 aromatic carbocycles. The molecule has 1 rings (SSSR count). The number of carbonyl (C=O) groups is 1. The van der Waals surface area contributed by atoms with Crippen LogP contribution in [0.25, 0.3) is 0 Å². The molecule has 0 unspecified atom stereocenters. The van der Waals surface area contributed by atoms with Gasteiger partial charge in [0.25, 0.3) is 5.91 Å². The van der Waals surface area contributed by atoms with E-state index in [1.54, 1.807) is 5.32 Å². The van der Waals surface area contributed by atoms with Crippen molar-refractivity contribution in [2.75, 3.05) is 6.54 Å². The van der Waals surface area contributed by atoms with E-state index in [0.717, 1.165) is 12.8 Å². The van der Waals surface area contributed by atoms with Crippen molar-refractivity contribution in [1.82, 2.24) is 5.32 Å². The van der Waals surface area contributed by atoms with Gasteiger partial charge in [-0.15, -0.1) is 0 Å². The van der Waals surface area contributed by atoms with Gasteiger partial charge >= 0.3 is 12.1 Å². The van der Waals surface area contributed by atoms with E-state index in [9.17, 15) is 26.7 Å². The standard InChI is InChI=1S/C7H8F5NO/c8-6(9,7(10,11)12)5(14)13-3-4-1-2-4/h4H,1-3H2,(H,13,14). The van der Waals surface area contributed by atoms with Crippen molar-refractivity contribution in [3.8, 4) is 0 Å². The normalized spacial score (nSPS) is 18.1. The fourth-order valence-corrected chi connectivity index (χ4v) is 0.799. The van der Waals surface area contributed by atoms with E-state index in [1.807, 2.05) is 0 Å². The Kier molecular flexibility index (Phi) is 2.69. The number of hydrogen-bond donors (Lipinski definition) is 1. The van der Waals surface area contributed by atoms with Crippen molar-refractivity contribution in [3.05, 3.63) is 0 Å². The Morgan fingerprint density at radius 3 is 2.07 bits per heavy atom. The van der Waals surface area contributed by atoms with Gasteiger partial charge in [0.05, 0.1) is 0 Å². The lowest BCUT2D eigenvalue weighted by atomic mass is 10.3. The zero-order valence-electron chi connectivity index (χ0n) is 7.00. The minimum Gasteiger partial charge on any atom is -0.350 e. The highest BCUT2D eigenvalue weighted by molar-refractivity contribution is 5.84. The lowest BCUT2D eigenvalue weighted by molar-refractivity contribution is -0.269. The summed E-state index contributed by atoms with van der Waals surface area (Å²) >= 11 is 0. The van der Waals surface area contributed by atoms with Gasteiger partial charge in [0.1, 0.15) is 0 Å². The minimum absolute atomic E-state index is 0.0583. The lowest BCUT2D eigenvalue weighted by Crippen LogP contribution is -2.50. The van der Waals surface area contributed by atoms with Gasteiger partial charge in [0.2, 0.25) is 0 Å². The highest BCUT2D eigenvalue weighted by Crippen LogP contribution is 2.36. The first-order chi connectivity index (χ1) is 6.25. The Morgan fingerprint density at radius 2 is 1.71 bits per heavy atom. The Bertz CT molecular complexity index is 233. The number of halogens is 5. The van der Waals surface area contributed by atoms with Gasteiger partial charge in [-0.1, -0.05) is 0 Å². The Balaban J connectivity index is 2.48. The zero-order valence-corrected chi connectivity index (χ0v) is 7.00. The summed E-state index contributed by atoms with van der Waals surface area (Å²) in [4.78, 5) is 10.5. The lowest BCUT2D eigenvalue weighted by Gasteiger charge is -2.18. The number of hydrogen-bond acceptors (Lipinski definition) is 1. The molecular formula is C7H8F5NO. The molecule has 2 nitrogen and oxygen atoms in total. The van der Waals surface area contributed by atoms with Crippen LogP contribution < -0.4 is 5.32 Å². The molecule has 14 heavy (non-hydrogen) atoms. The fraction of sp³-hybridized carbons (Fsp3) is 0.857. The Labute approximate surface area is 76.5 Å². The van der Waals surface area contributed by atoms with Crippen LogP contribution in [0.3, 0.4) is 0 Å². The third-order valence-electron chi connectivity index (χ3n) is 1.89. The second-order valence-corrected chi connectivity index (χ2v) is 3.23. The third kappa shape index (κ3) is 2.33. The first-order valence-corrected chi connectivity index (χ1v) is 3.98. The number of nitrogens with one attached hydrogen (secondary N) is 1. The zero-order chi connectivity index (χ0) is 11.0. The molecule has 0 aromatic heterocycles. The molecule has 0 bridgehead atoms. The van der Waals surface area contributed by atoms with Gasteiger partial charge in [-0.05, 0) is 18.8 Å². The van der Waals surface area contributed by atoms with E-state index in [4.69, 9.17) is 0 Å². The summed E-state index contributed by atoms with van der Waals surface area (Å²) in [6.07, 6.45) is -4.30. The first-order valence-electron chi connectivity index (χ1n) is 3.98. The van der Waals surface area contributed by atoms with Gasteiger partial charge in [-0.3, -0.25) is 4.79 Å². The average molecular weight is 217 g/mol. The summed E-state index contributed by atoms with van der Waals surface area (Å²) in [6.45, 7) is -0.107. The molecule has 1 fully saturated rings. The summed E-state index contributed by atoms with van der Waals surface area (Å²) in [7, 11) is 0. The molecule has 0 saturated heterocycles. The molecule has 1 N–H and O–H groups in total. The average Bonchev–Trinajstić information content (AvgIpc) is 2.80. The van der Waals surface area contributed by atoms with Crippen LogP contribution in [0.2, 0.25) is 0 Å². The van der Waals surface area contributed by atoms with E-state index < -0.39 is 18.0 Å². The molecule has 0 spiro atoms. The molecule has 0 aromatic rings. The van der Waals surface area contributed by atoms with Gasteiger partial charge in [0.15, 0.2) is 0 Å². The Hall–Kier alpha value is -0.880. The molecule has 82 valence electrons. The molecule has 0 radical (unpaired) electrons. The topological polar surface area (TPSA) is 29.1 Å². The number of alkyl halides is 5. The SMILES string of the molecule is O=C(NCC1CC1)C(F)(F)C(F)(F)F. The third-order valence-corrected chi connectivity index (χ3v) is 1.89. The van der Waals surface area contributed by atoms with Crippen molar-refractivity contribution in [1.29, 1.82) is 0 Å². The maximum Gasteiger partial charge on any atom is 0.463 e. The quantitative estimate of drug-likeness (QED) is 0.716. The smallest absolute Gasteiger partial charge is 0.350 e. The van der Waals surface area contributed by atoms with Crippen LogP contribution in [0.5, 0.6) is 0 Å². The molecule has 7 heteroatoms. The maximum atomic E-state index is 12.3. The van der Waals surface area contributed by atoms with Crippen molar-refractivity contribution in [2.45, 2.75) is 24.9 Å². The molecular weight excluding hydrogens is 209 g/mol. The molecule has 1 amide bonds. The predicted molar refractivity (Wildman–Crippen MR) is 36.7 cm³/mol. The molecule has 1 aliphatic rings. The van der Waals surface area contributed by atoms with Crippen LogP contribution in [-0.4, -0.2) is 24.6 Å². The molecule has 0 aliphatic heterocycles. The van der Waals surface area contributed by atoms with Crippen molar-refractivity contribution < 1.29 is 26.7 Å².